The molecule has 3 aromatic rings. The second-order valence-corrected chi connectivity index (χ2v) is 4.58. The smallest absolute Gasteiger partial charge is 0.225 e. The van der Waals surface area contributed by atoms with Crippen LogP contribution in [0.15, 0.2) is 66.7 Å². The van der Waals surface area contributed by atoms with Gasteiger partial charge in [-0.25, -0.2) is 4.98 Å². The number of carbonyl (C=O) groups excluding carboxylic acids is 1. The summed E-state index contributed by atoms with van der Waals surface area (Å²) in [5.41, 5.74) is 5.89. The lowest BCUT2D eigenvalue weighted by Crippen LogP contribution is -2.20. The van der Waals surface area contributed by atoms with Gasteiger partial charge in [-0.2, -0.15) is 4.98 Å². The SMILES string of the molecule is O=CNNc1cc(Oc2ccccc2)nc(-c2ccccc2)n1. The zero-order chi connectivity index (χ0) is 15.9. The molecule has 0 atom stereocenters. The van der Waals surface area contributed by atoms with E-state index in [0.29, 0.717) is 29.7 Å². The first-order chi connectivity index (χ1) is 11.3. The largest absolute Gasteiger partial charge is 0.439 e. The summed E-state index contributed by atoms with van der Waals surface area (Å²) in [6.45, 7) is 0. The van der Waals surface area contributed by atoms with Crippen molar-refractivity contribution in [2.75, 3.05) is 5.43 Å². The molecule has 1 heterocycles. The van der Waals surface area contributed by atoms with Crippen molar-refractivity contribution in [2.45, 2.75) is 0 Å². The summed E-state index contributed by atoms with van der Waals surface area (Å²) in [6.07, 6.45) is 0.530. The number of para-hydroxylation sites is 1. The minimum Gasteiger partial charge on any atom is -0.439 e. The number of hydrogen-bond donors (Lipinski definition) is 2. The molecule has 1 aromatic heterocycles. The van der Waals surface area contributed by atoms with Crippen LogP contribution in [0.25, 0.3) is 11.4 Å². The minimum absolute atomic E-state index is 0.375. The molecule has 0 bridgehead atoms. The lowest BCUT2D eigenvalue weighted by atomic mass is 10.2. The van der Waals surface area contributed by atoms with E-state index < -0.39 is 0 Å². The quantitative estimate of drug-likeness (QED) is 0.541. The second-order valence-electron chi connectivity index (χ2n) is 4.58. The molecule has 23 heavy (non-hydrogen) atoms. The zero-order valence-corrected chi connectivity index (χ0v) is 12.1. The normalized spacial score (nSPS) is 9.91. The summed E-state index contributed by atoms with van der Waals surface area (Å²) in [6, 6.07) is 20.5. The summed E-state index contributed by atoms with van der Waals surface area (Å²) in [5, 5.41) is 0. The Morgan fingerprint density at radius 1 is 0.913 bits per heavy atom. The lowest BCUT2D eigenvalue weighted by Gasteiger charge is -2.10. The Bertz CT molecular complexity index is 779. The maximum Gasteiger partial charge on any atom is 0.225 e. The van der Waals surface area contributed by atoms with Gasteiger partial charge in [0.05, 0.1) is 0 Å². The maximum absolute atomic E-state index is 10.5. The Balaban J connectivity index is 1.96. The van der Waals surface area contributed by atoms with E-state index >= 15 is 0 Å². The number of amides is 1. The van der Waals surface area contributed by atoms with Crippen LogP contribution < -0.4 is 15.6 Å². The van der Waals surface area contributed by atoms with Gasteiger partial charge in [0.2, 0.25) is 12.3 Å². The molecule has 0 aliphatic heterocycles. The average Bonchev–Trinajstić information content (AvgIpc) is 2.61. The fraction of sp³-hybridized carbons (Fsp3) is 0. The van der Waals surface area contributed by atoms with Crippen molar-refractivity contribution in [2.24, 2.45) is 0 Å². The van der Waals surface area contributed by atoms with Crippen molar-refractivity contribution in [3.05, 3.63) is 66.7 Å². The Morgan fingerprint density at radius 2 is 1.61 bits per heavy atom. The van der Waals surface area contributed by atoms with Crippen molar-refractivity contribution < 1.29 is 9.53 Å². The Labute approximate surface area is 133 Å². The predicted molar refractivity (Wildman–Crippen MR) is 86.8 cm³/mol. The predicted octanol–water partition coefficient (Wildman–Crippen LogP) is 3.01. The third-order valence-corrected chi connectivity index (χ3v) is 2.96. The van der Waals surface area contributed by atoms with Crippen molar-refractivity contribution >= 4 is 12.2 Å². The molecule has 0 fully saturated rings. The van der Waals surface area contributed by atoms with E-state index in [2.05, 4.69) is 20.8 Å². The van der Waals surface area contributed by atoms with Gasteiger partial charge in [-0.15, -0.1) is 0 Å². The van der Waals surface area contributed by atoms with Crippen LogP contribution in [0.1, 0.15) is 0 Å². The first-order valence-corrected chi connectivity index (χ1v) is 6.98. The fourth-order valence-corrected chi connectivity index (χ4v) is 1.97. The number of hydrazine groups is 1. The van der Waals surface area contributed by atoms with E-state index in [0.717, 1.165) is 5.56 Å². The van der Waals surface area contributed by atoms with E-state index in [1.807, 2.05) is 60.7 Å². The van der Waals surface area contributed by atoms with Crippen LogP contribution in [0.2, 0.25) is 0 Å². The fourth-order valence-electron chi connectivity index (χ4n) is 1.97. The second kappa shape index (κ2) is 7.04. The molecule has 114 valence electrons. The number of nitrogens with one attached hydrogen (secondary N) is 2. The first-order valence-electron chi connectivity index (χ1n) is 6.98. The van der Waals surface area contributed by atoms with Gasteiger partial charge in [-0.05, 0) is 12.1 Å². The molecular formula is C17H14N4O2. The van der Waals surface area contributed by atoms with Gasteiger partial charge in [0.25, 0.3) is 0 Å². The highest BCUT2D eigenvalue weighted by molar-refractivity contribution is 5.59. The highest BCUT2D eigenvalue weighted by Gasteiger charge is 2.08. The van der Waals surface area contributed by atoms with Gasteiger partial charge in [-0.3, -0.25) is 15.6 Å². The van der Waals surface area contributed by atoms with Crippen LogP contribution in [0, 0.1) is 0 Å². The van der Waals surface area contributed by atoms with E-state index in [-0.39, 0.29) is 0 Å². The molecular weight excluding hydrogens is 292 g/mol. The van der Waals surface area contributed by atoms with Crippen molar-refractivity contribution in [1.82, 2.24) is 15.4 Å². The highest BCUT2D eigenvalue weighted by atomic mass is 16.5. The van der Waals surface area contributed by atoms with Gasteiger partial charge in [0.15, 0.2) is 11.6 Å². The number of carbonyl (C=O) groups is 1. The molecule has 0 unspecified atom stereocenters. The molecule has 3 rings (SSSR count). The molecule has 0 aliphatic carbocycles. The molecule has 2 N–H and O–H groups in total. The number of hydrogen-bond acceptors (Lipinski definition) is 5. The van der Waals surface area contributed by atoms with E-state index in [4.69, 9.17) is 4.74 Å². The Morgan fingerprint density at radius 3 is 2.30 bits per heavy atom. The molecule has 6 heteroatoms. The van der Waals surface area contributed by atoms with E-state index in [9.17, 15) is 4.79 Å². The zero-order valence-electron chi connectivity index (χ0n) is 12.1. The van der Waals surface area contributed by atoms with Gasteiger partial charge in [0.1, 0.15) is 5.75 Å². The average molecular weight is 306 g/mol. The number of ether oxygens (including phenoxy) is 1. The molecule has 0 radical (unpaired) electrons. The first kappa shape index (κ1) is 14.5. The van der Waals surface area contributed by atoms with Gasteiger partial charge in [0, 0.05) is 11.6 Å². The molecule has 2 aromatic carbocycles. The van der Waals surface area contributed by atoms with Crippen molar-refractivity contribution in [1.29, 1.82) is 0 Å². The topological polar surface area (TPSA) is 76.1 Å². The van der Waals surface area contributed by atoms with Crippen molar-refractivity contribution in [3.63, 3.8) is 0 Å². The molecule has 0 saturated heterocycles. The van der Waals surface area contributed by atoms with Gasteiger partial charge >= 0.3 is 0 Å². The summed E-state index contributed by atoms with van der Waals surface area (Å²) in [7, 11) is 0. The number of rotatable bonds is 6. The van der Waals surface area contributed by atoms with Crippen LogP contribution >= 0.6 is 0 Å². The van der Waals surface area contributed by atoms with Gasteiger partial charge in [-0.1, -0.05) is 48.5 Å². The van der Waals surface area contributed by atoms with Crippen LogP contribution in [-0.2, 0) is 4.79 Å². The number of nitrogens with zero attached hydrogens (tertiary/aromatic N) is 2. The molecule has 0 saturated carbocycles. The summed E-state index contributed by atoms with van der Waals surface area (Å²) < 4.78 is 5.75. The molecule has 0 aliphatic rings. The number of anilines is 1. The van der Waals surface area contributed by atoms with Crippen LogP contribution in [0.4, 0.5) is 5.82 Å². The maximum atomic E-state index is 10.5. The van der Waals surface area contributed by atoms with Crippen LogP contribution in [0.3, 0.4) is 0 Å². The third-order valence-electron chi connectivity index (χ3n) is 2.96. The monoisotopic (exact) mass is 306 g/mol. The van der Waals surface area contributed by atoms with Crippen molar-refractivity contribution in [3.8, 4) is 23.0 Å². The number of aromatic nitrogens is 2. The summed E-state index contributed by atoms with van der Waals surface area (Å²) in [4.78, 5) is 19.2. The third kappa shape index (κ3) is 3.82. The van der Waals surface area contributed by atoms with Crippen LogP contribution in [0.5, 0.6) is 11.6 Å². The Hall–Kier alpha value is -3.41. The highest BCUT2D eigenvalue weighted by Crippen LogP contribution is 2.24. The molecule has 1 amide bonds. The lowest BCUT2D eigenvalue weighted by molar-refractivity contribution is -0.109. The standard InChI is InChI=1S/C17H14N4O2/c22-12-18-21-15-11-16(23-14-9-5-2-6-10-14)20-17(19-15)13-7-3-1-4-8-13/h1-12H,(H,18,22)(H,19,20,21). The Kier molecular flexibility index (Phi) is 4.44. The number of benzene rings is 2. The summed E-state index contributed by atoms with van der Waals surface area (Å²) >= 11 is 0. The van der Waals surface area contributed by atoms with Crippen LogP contribution in [-0.4, -0.2) is 16.4 Å². The van der Waals surface area contributed by atoms with E-state index in [1.165, 1.54) is 0 Å². The molecule has 6 nitrogen and oxygen atoms in total. The van der Waals surface area contributed by atoms with Gasteiger partial charge < -0.3 is 4.74 Å². The molecule has 0 spiro atoms. The van der Waals surface area contributed by atoms with E-state index in [1.54, 1.807) is 6.07 Å². The summed E-state index contributed by atoms with van der Waals surface area (Å²) in [5.74, 6) is 1.96. The minimum atomic E-state index is 0.375.